The van der Waals surface area contributed by atoms with E-state index in [1.54, 1.807) is 0 Å². The van der Waals surface area contributed by atoms with E-state index >= 15 is 0 Å². The molecule has 176 valence electrons. The van der Waals surface area contributed by atoms with Gasteiger partial charge in [-0.2, -0.15) is 0 Å². The fourth-order valence-corrected chi connectivity index (χ4v) is 3.61. The Bertz CT molecular complexity index is 882. The van der Waals surface area contributed by atoms with E-state index in [4.69, 9.17) is 0 Å². The molecule has 3 aromatic rings. The van der Waals surface area contributed by atoms with Gasteiger partial charge in [0.2, 0.25) is 0 Å². The van der Waals surface area contributed by atoms with Crippen molar-refractivity contribution in [3.05, 3.63) is 83.7 Å². The first kappa shape index (κ1) is 29.4. The summed E-state index contributed by atoms with van der Waals surface area (Å²) in [6.07, 6.45) is 2.01. The highest BCUT2D eigenvalue weighted by molar-refractivity contribution is 5.80. The molecular weight excluding hydrogens is 388 g/mol. The largest absolute Gasteiger partial charge is 0.372 e. The van der Waals surface area contributed by atoms with Crippen LogP contribution in [0.5, 0.6) is 0 Å². The molecule has 0 amide bonds. The number of benzene rings is 2. The number of anilines is 1. The van der Waals surface area contributed by atoms with Gasteiger partial charge >= 0.3 is 0 Å². The monoisotopic (exact) mass is 434 g/mol. The summed E-state index contributed by atoms with van der Waals surface area (Å²) in [5.41, 5.74) is 7.43. The van der Waals surface area contributed by atoms with Crippen LogP contribution >= 0.6 is 0 Å². The Morgan fingerprint density at radius 1 is 0.750 bits per heavy atom. The van der Waals surface area contributed by atoms with E-state index < -0.39 is 0 Å². The molecule has 0 radical (unpaired) electrons. The molecule has 2 nitrogen and oxygen atoms in total. The molecule has 2 aromatic carbocycles. The number of hydrogen-bond donors (Lipinski definition) is 0. The fraction of sp³-hybridized carbons (Fsp3) is 0.433. The quantitative estimate of drug-likeness (QED) is 0.398. The average molecular weight is 435 g/mol. The molecule has 0 saturated carbocycles. The Hall–Kier alpha value is -2.61. The number of likely N-dealkylation sites (N-methyl/N-ethyl adjacent to an activating group) is 1. The highest BCUT2D eigenvalue weighted by atomic mass is 15.1. The van der Waals surface area contributed by atoms with Crippen molar-refractivity contribution < 1.29 is 0 Å². The van der Waals surface area contributed by atoms with Gasteiger partial charge in [0.25, 0.3) is 0 Å². The molecule has 1 aromatic heterocycles. The highest BCUT2D eigenvalue weighted by Gasteiger charge is 2.24. The summed E-state index contributed by atoms with van der Waals surface area (Å²) in [5, 5.41) is 0. The minimum atomic E-state index is 0.0455. The second kappa shape index (κ2) is 15.2. The third-order valence-electron chi connectivity index (χ3n) is 5.05. The van der Waals surface area contributed by atoms with Crippen molar-refractivity contribution in [1.29, 1.82) is 0 Å². The lowest BCUT2D eigenvalue weighted by Gasteiger charge is -2.33. The van der Waals surface area contributed by atoms with Gasteiger partial charge in [-0.25, -0.2) is 0 Å². The predicted molar refractivity (Wildman–Crippen MR) is 146 cm³/mol. The van der Waals surface area contributed by atoms with E-state index in [0.29, 0.717) is 0 Å². The van der Waals surface area contributed by atoms with E-state index in [1.165, 1.54) is 27.9 Å². The second-order valence-electron chi connectivity index (χ2n) is 7.76. The number of hydrogen-bond acceptors (Lipinski definition) is 2. The zero-order chi connectivity index (χ0) is 24.7. The van der Waals surface area contributed by atoms with Gasteiger partial charge in [-0.1, -0.05) is 110 Å². The second-order valence-corrected chi connectivity index (χ2v) is 7.76. The molecule has 0 atom stereocenters. The SMILES string of the molecule is CC.CC.CC.Cc1cc(-c2ccccc2C)c(N(C)CC(C)(C)c2ccccc2)cn1. The van der Waals surface area contributed by atoms with Crippen LogP contribution in [-0.2, 0) is 5.41 Å². The first-order valence-corrected chi connectivity index (χ1v) is 12.2. The van der Waals surface area contributed by atoms with E-state index in [2.05, 4.69) is 105 Å². The van der Waals surface area contributed by atoms with Gasteiger partial charge in [0.05, 0.1) is 11.9 Å². The third kappa shape index (κ3) is 8.15. The van der Waals surface area contributed by atoms with Crippen LogP contribution in [0.15, 0.2) is 66.9 Å². The molecule has 0 bridgehead atoms. The number of nitrogens with zero attached hydrogens (tertiary/aromatic N) is 2. The maximum absolute atomic E-state index is 4.58. The Labute approximate surface area is 198 Å². The average Bonchev–Trinajstić information content (AvgIpc) is 2.83. The van der Waals surface area contributed by atoms with E-state index in [9.17, 15) is 0 Å². The maximum atomic E-state index is 4.58. The third-order valence-corrected chi connectivity index (χ3v) is 5.05. The summed E-state index contributed by atoms with van der Waals surface area (Å²) >= 11 is 0. The molecule has 0 aliphatic rings. The summed E-state index contributed by atoms with van der Waals surface area (Å²) < 4.78 is 0. The minimum Gasteiger partial charge on any atom is -0.372 e. The van der Waals surface area contributed by atoms with Crippen molar-refractivity contribution in [2.24, 2.45) is 0 Å². The van der Waals surface area contributed by atoms with Crippen LogP contribution in [0, 0.1) is 13.8 Å². The first-order valence-electron chi connectivity index (χ1n) is 12.2. The zero-order valence-corrected chi connectivity index (χ0v) is 22.5. The Morgan fingerprint density at radius 3 is 1.84 bits per heavy atom. The van der Waals surface area contributed by atoms with Crippen molar-refractivity contribution >= 4 is 5.69 Å². The van der Waals surface area contributed by atoms with Gasteiger partial charge in [-0.15, -0.1) is 0 Å². The number of rotatable bonds is 5. The molecule has 0 aliphatic heterocycles. The van der Waals surface area contributed by atoms with Crippen molar-refractivity contribution in [2.75, 3.05) is 18.5 Å². The van der Waals surface area contributed by atoms with E-state index in [1.807, 2.05) is 47.7 Å². The van der Waals surface area contributed by atoms with Crippen molar-refractivity contribution in [3.63, 3.8) is 0 Å². The van der Waals surface area contributed by atoms with Gasteiger partial charge in [-0.05, 0) is 36.6 Å². The molecule has 2 heteroatoms. The Morgan fingerprint density at radius 2 is 1.28 bits per heavy atom. The van der Waals surface area contributed by atoms with Gasteiger partial charge in [-0.3, -0.25) is 4.98 Å². The summed E-state index contributed by atoms with van der Waals surface area (Å²) in [4.78, 5) is 6.91. The molecule has 0 fully saturated rings. The molecule has 0 aliphatic carbocycles. The van der Waals surface area contributed by atoms with Crippen LogP contribution < -0.4 is 4.90 Å². The zero-order valence-electron chi connectivity index (χ0n) is 22.5. The Balaban J connectivity index is 0.00000148. The van der Waals surface area contributed by atoms with Crippen molar-refractivity contribution in [3.8, 4) is 11.1 Å². The Kier molecular flexibility index (Phi) is 14.0. The lowest BCUT2D eigenvalue weighted by atomic mass is 9.84. The minimum absolute atomic E-state index is 0.0455. The molecule has 0 spiro atoms. The van der Waals surface area contributed by atoms with Crippen LogP contribution in [0.2, 0.25) is 0 Å². The van der Waals surface area contributed by atoms with E-state index in [0.717, 1.165) is 12.2 Å². The number of aryl methyl sites for hydroxylation is 2. The lowest BCUT2D eigenvalue weighted by Crippen LogP contribution is -2.34. The van der Waals surface area contributed by atoms with Crippen LogP contribution in [0.4, 0.5) is 5.69 Å². The summed E-state index contributed by atoms with van der Waals surface area (Å²) in [6, 6.07) is 21.5. The number of pyridine rings is 1. The molecule has 1 heterocycles. The summed E-state index contributed by atoms with van der Waals surface area (Å²) in [6.45, 7) is 21.7. The van der Waals surface area contributed by atoms with Crippen molar-refractivity contribution in [1.82, 2.24) is 4.98 Å². The van der Waals surface area contributed by atoms with Crippen LogP contribution in [0.1, 0.15) is 72.2 Å². The molecule has 0 unspecified atom stereocenters. The van der Waals surface area contributed by atoms with Gasteiger partial charge in [0, 0.05) is 30.3 Å². The normalized spacial score (nSPS) is 9.84. The van der Waals surface area contributed by atoms with Gasteiger partial charge in [0.1, 0.15) is 0 Å². The maximum Gasteiger partial charge on any atom is 0.0630 e. The van der Waals surface area contributed by atoms with E-state index in [-0.39, 0.29) is 5.41 Å². The smallest absolute Gasteiger partial charge is 0.0630 e. The highest BCUT2D eigenvalue weighted by Crippen LogP contribution is 2.34. The lowest BCUT2D eigenvalue weighted by molar-refractivity contribution is 0.524. The van der Waals surface area contributed by atoms with Gasteiger partial charge < -0.3 is 4.90 Å². The molecule has 0 N–H and O–H groups in total. The fourth-order valence-electron chi connectivity index (χ4n) is 3.61. The molecule has 32 heavy (non-hydrogen) atoms. The molecular formula is C30H46N2. The predicted octanol–water partition coefficient (Wildman–Crippen LogP) is 8.86. The first-order chi connectivity index (χ1) is 15.4. The van der Waals surface area contributed by atoms with Crippen LogP contribution in [0.3, 0.4) is 0 Å². The molecule has 3 rings (SSSR count). The summed E-state index contributed by atoms with van der Waals surface area (Å²) in [7, 11) is 2.17. The summed E-state index contributed by atoms with van der Waals surface area (Å²) in [5.74, 6) is 0. The number of aromatic nitrogens is 1. The topological polar surface area (TPSA) is 16.1 Å². The van der Waals surface area contributed by atoms with Crippen LogP contribution in [-0.4, -0.2) is 18.6 Å². The van der Waals surface area contributed by atoms with Crippen LogP contribution in [0.25, 0.3) is 11.1 Å². The molecule has 0 saturated heterocycles. The van der Waals surface area contributed by atoms with Gasteiger partial charge in [0.15, 0.2) is 0 Å². The van der Waals surface area contributed by atoms with Crippen molar-refractivity contribution in [2.45, 2.75) is 74.7 Å². The standard InChI is InChI=1S/C24H28N2.3C2H6/c1-18-11-9-10-14-21(18)22-15-19(2)25-16-23(22)26(5)17-24(3,4)20-12-7-6-8-13-20;3*1-2/h6-16H,17H2,1-5H3;3*1-2H3.